The third kappa shape index (κ3) is 2.23. The van der Waals surface area contributed by atoms with Gasteiger partial charge in [-0.15, -0.1) is 0 Å². The molecule has 0 bridgehead atoms. The second-order valence-electron chi connectivity index (χ2n) is 5.44. The summed E-state index contributed by atoms with van der Waals surface area (Å²) in [5.74, 6) is 0.840. The van der Waals surface area contributed by atoms with Gasteiger partial charge in [-0.05, 0) is 40.9 Å². The number of fused-ring (bicyclic) bond motifs is 1. The third-order valence-corrected chi connectivity index (χ3v) is 4.47. The molecule has 112 valence electrons. The molecule has 0 saturated carbocycles. The minimum atomic E-state index is -0.0163. The summed E-state index contributed by atoms with van der Waals surface area (Å²) in [6.07, 6.45) is 3.39. The van der Waals surface area contributed by atoms with Gasteiger partial charge in [0.15, 0.2) is 4.67 Å². The minimum Gasteiger partial charge on any atom is -0.457 e. The lowest BCUT2D eigenvalue weighted by Gasteiger charge is -2.22. The summed E-state index contributed by atoms with van der Waals surface area (Å²) in [7, 11) is 0. The van der Waals surface area contributed by atoms with E-state index in [1.54, 1.807) is 6.07 Å². The Kier molecular flexibility index (Phi) is 3.26. The molecule has 5 nitrogen and oxygen atoms in total. The summed E-state index contributed by atoms with van der Waals surface area (Å²) < 4.78 is 5.75. The third-order valence-electron chi connectivity index (χ3n) is 4.05. The number of nitrogens with one attached hydrogen (secondary N) is 1. The number of halogens is 1. The fourth-order valence-corrected chi connectivity index (χ4v) is 3.35. The fraction of sp³-hybridized carbons (Fsp3) is 0.250. The highest BCUT2D eigenvalue weighted by atomic mass is 79.9. The number of aromatic amines is 1. The summed E-state index contributed by atoms with van der Waals surface area (Å²) in [6.45, 7) is 0.739. The number of rotatable bonds is 2. The first-order valence-corrected chi connectivity index (χ1v) is 8.01. The van der Waals surface area contributed by atoms with Crippen LogP contribution in [0.15, 0.2) is 45.7 Å². The number of aromatic nitrogens is 2. The maximum absolute atomic E-state index is 12.7. The topological polar surface area (TPSA) is 62.1 Å². The van der Waals surface area contributed by atoms with Gasteiger partial charge in [-0.3, -0.25) is 4.79 Å². The number of H-pyrrole nitrogens is 1. The summed E-state index contributed by atoms with van der Waals surface area (Å²) in [5.41, 5.74) is 2.50. The molecule has 0 spiro atoms. The molecule has 1 amide bonds. The molecule has 0 radical (unpaired) electrons. The largest absolute Gasteiger partial charge is 0.457 e. The number of carbonyl (C=O) groups excluding carboxylic acids is 1. The fourth-order valence-electron chi connectivity index (χ4n) is 3.01. The van der Waals surface area contributed by atoms with Crippen molar-refractivity contribution in [3.8, 4) is 0 Å². The van der Waals surface area contributed by atoms with Crippen molar-refractivity contribution in [3.05, 3.63) is 52.7 Å². The van der Waals surface area contributed by atoms with E-state index in [9.17, 15) is 4.79 Å². The van der Waals surface area contributed by atoms with Crippen molar-refractivity contribution in [2.45, 2.75) is 18.9 Å². The summed E-state index contributed by atoms with van der Waals surface area (Å²) >= 11 is 3.24. The smallest absolute Gasteiger partial charge is 0.257 e. The van der Waals surface area contributed by atoms with E-state index < -0.39 is 0 Å². The van der Waals surface area contributed by atoms with Gasteiger partial charge in [-0.2, -0.15) is 0 Å². The van der Waals surface area contributed by atoms with Crippen LogP contribution in [0.3, 0.4) is 0 Å². The van der Waals surface area contributed by atoms with Crippen LogP contribution in [0.5, 0.6) is 0 Å². The van der Waals surface area contributed by atoms with Gasteiger partial charge in [0.05, 0.1) is 22.6 Å². The first-order valence-electron chi connectivity index (χ1n) is 7.22. The number of amides is 1. The molecule has 1 unspecified atom stereocenters. The zero-order valence-electron chi connectivity index (χ0n) is 11.8. The molecule has 1 atom stereocenters. The highest BCUT2D eigenvalue weighted by molar-refractivity contribution is 9.10. The van der Waals surface area contributed by atoms with Gasteiger partial charge in [0.1, 0.15) is 12.1 Å². The van der Waals surface area contributed by atoms with Gasteiger partial charge in [0.2, 0.25) is 0 Å². The Morgan fingerprint density at radius 2 is 2.27 bits per heavy atom. The lowest BCUT2D eigenvalue weighted by molar-refractivity contribution is 0.0730. The van der Waals surface area contributed by atoms with Crippen LogP contribution in [0.25, 0.3) is 11.0 Å². The van der Waals surface area contributed by atoms with E-state index >= 15 is 0 Å². The van der Waals surface area contributed by atoms with Crippen LogP contribution in [0.1, 0.15) is 35.1 Å². The Morgan fingerprint density at radius 1 is 1.41 bits per heavy atom. The number of nitrogens with zero attached hydrogens (tertiary/aromatic N) is 2. The van der Waals surface area contributed by atoms with Crippen LogP contribution < -0.4 is 0 Å². The monoisotopic (exact) mass is 359 g/mol. The number of furan rings is 1. The van der Waals surface area contributed by atoms with Gasteiger partial charge >= 0.3 is 0 Å². The first kappa shape index (κ1) is 13.6. The maximum atomic E-state index is 12.7. The van der Waals surface area contributed by atoms with Gasteiger partial charge in [-0.25, -0.2) is 4.98 Å². The molecule has 0 aliphatic carbocycles. The molecule has 1 saturated heterocycles. The first-order chi connectivity index (χ1) is 10.7. The van der Waals surface area contributed by atoms with E-state index in [1.807, 2.05) is 29.2 Å². The van der Waals surface area contributed by atoms with E-state index in [0.29, 0.717) is 10.2 Å². The summed E-state index contributed by atoms with van der Waals surface area (Å²) in [4.78, 5) is 22.5. The molecule has 1 fully saturated rings. The van der Waals surface area contributed by atoms with Crippen LogP contribution in [-0.4, -0.2) is 27.3 Å². The SMILES string of the molecule is O=C(c1coc(Br)c1)N1CCCC1c1nc2ccccc2[nH]1. The van der Waals surface area contributed by atoms with Crippen molar-refractivity contribution >= 4 is 32.9 Å². The second-order valence-corrected chi connectivity index (χ2v) is 6.22. The quantitative estimate of drug-likeness (QED) is 0.754. The molecule has 3 aromatic rings. The van der Waals surface area contributed by atoms with Gasteiger partial charge in [0, 0.05) is 12.6 Å². The molecule has 1 aromatic carbocycles. The van der Waals surface area contributed by atoms with E-state index in [2.05, 4.69) is 25.9 Å². The zero-order valence-corrected chi connectivity index (χ0v) is 13.3. The summed E-state index contributed by atoms with van der Waals surface area (Å²) in [6, 6.07) is 9.62. The van der Waals surface area contributed by atoms with E-state index in [1.165, 1.54) is 6.26 Å². The maximum Gasteiger partial charge on any atom is 0.257 e. The van der Waals surface area contributed by atoms with Crippen molar-refractivity contribution in [2.24, 2.45) is 0 Å². The number of likely N-dealkylation sites (tertiary alicyclic amines) is 1. The van der Waals surface area contributed by atoms with E-state index in [4.69, 9.17) is 4.42 Å². The molecule has 22 heavy (non-hydrogen) atoms. The Morgan fingerprint density at radius 3 is 3.05 bits per heavy atom. The van der Waals surface area contributed by atoms with Crippen molar-refractivity contribution < 1.29 is 9.21 Å². The highest BCUT2D eigenvalue weighted by Gasteiger charge is 2.33. The minimum absolute atomic E-state index is 0.00595. The standard InChI is InChI=1S/C16H14BrN3O2/c17-14-8-10(9-22-14)16(21)20-7-3-6-13(20)15-18-11-4-1-2-5-12(11)19-15/h1-2,4-5,8-9,13H,3,6-7H2,(H,18,19). The number of benzene rings is 1. The molecule has 1 N–H and O–H groups in total. The number of hydrogen-bond acceptors (Lipinski definition) is 3. The number of imidazole rings is 1. The Labute approximate surface area is 135 Å². The predicted molar refractivity (Wildman–Crippen MR) is 85.5 cm³/mol. The highest BCUT2D eigenvalue weighted by Crippen LogP contribution is 2.33. The lowest BCUT2D eigenvalue weighted by Crippen LogP contribution is -2.30. The van der Waals surface area contributed by atoms with Crippen molar-refractivity contribution in [1.29, 1.82) is 0 Å². The van der Waals surface area contributed by atoms with Crippen LogP contribution >= 0.6 is 15.9 Å². The van der Waals surface area contributed by atoms with Crippen LogP contribution in [0, 0.1) is 0 Å². The van der Waals surface area contributed by atoms with Crippen LogP contribution in [-0.2, 0) is 0 Å². The summed E-state index contributed by atoms with van der Waals surface area (Å²) in [5, 5.41) is 0. The molecule has 6 heteroatoms. The van der Waals surface area contributed by atoms with Gasteiger partial charge in [-0.1, -0.05) is 12.1 Å². The molecule has 3 heterocycles. The van der Waals surface area contributed by atoms with Crippen molar-refractivity contribution in [3.63, 3.8) is 0 Å². The lowest BCUT2D eigenvalue weighted by atomic mass is 10.2. The molecular weight excluding hydrogens is 346 g/mol. The second kappa shape index (κ2) is 5.28. The normalized spacial score (nSPS) is 18.2. The van der Waals surface area contributed by atoms with E-state index in [-0.39, 0.29) is 11.9 Å². The van der Waals surface area contributed by atoms with Crippen molar-refractivity contribution in [2.75, 3.05) is 6.54 Å². The molecular formula is C16H14BrN3O2. The molecule has 4 rings (SSSR count). The zero-order chi connectivity index (χ0) is 15.1. The van der Waals surface area contributed by atoms with Crippen molar-refractivity contribution in [1.82, 2.24) is 14.9 Å². The number of carbonyl (C=O) groups is 1. The molecule has 1 aliphatic heterocycles. The average Bonchev–Trinajstić information content (AvgIpc) is 3.24. The Balaban J connectivity index is 1.67. The molecule has 1 aliphatic rings. The number of para-hydroxylation sites is 2. The predicted octanol–water partition coefficient (Wildman–Crippen LogP) is 3.90. The number of hydrogen-bond donors (Lipinski definition) is 1. The van der Waals surface area contributed by atoms with Crippen LogP contribution in [0.4, 0.5) is 0 Å². The van der Waals surface area contributed by atoms with Crippen LogP contribution in [0.2, 0.25) is 0 Å². The van der Waals surface area contributed by atoms with Gasteiger partial charge in [0.25, 0.3) is 5.91 Å². The average molecular weight is 360 g/mol. The van der Waals surface area contributed by atoms with E-state index in [0.717, 1.165) is 36.2 Å². The molecule has 2 aromatic heterocycles. The Bertz CT molecular complexity index is 806. The Hall–Kier alpha value is -2.08. The van der Waals surface area contributed by atoms with Gasteiger partial charge < -0.3 is 14.3 Å².